The van der Waals surface area contributed by atoms with E-state index < -0.39 is 47.5 Å². The maximum absolute atomic E-state index is 14.9. The third-order valence-electron chi connectivity index (χ3n) is 12.3. The lowest BCUT2D eigenvalue weighted by molar-refractivity contribution is -0.145. The fraction of sp³-hybridized carbons (Fsp3) is 0.578. The highest BCUT2D eigenvalue weighted by Gasteiger charge is 2.61. The van der Waals surface area contributed by atoms with Gasteiger partial charge in [-0.1, -0.05) is 38.8 Å². The van der Waals surface area contributed by atoms with Crippen molar-refractivity contribution in [1.29, 1.82) is 0 Å². The maximum Gasteiger partial charge on any atom is 0.330 e. The van der Waals surface area contributed by atoms with Crippen molar-refractivity contribution in [2.75, 3.05) is 32.1 Å². The Balaban J connectivity index is 1.18. The van der Waals surface area contributed by atoms with E-state index >= 15 is 0 Å². The first-order valence-electron chi connectivity index (χ1n) is 22.0. The fourth-order valence-electron chi connectivity index (χ4n) is 8.65. The van der Waals surface area contributed by atoms with Crippen LogP contribution >= 0.6 is 11.3 Å². The Morgan fingerprint density at radius 2 is 1.87 bits per heavy atom. The molecule has 3 aliphatic heterocycles. The highest BCUT2D eigenvalue weighted by molar-refractivity contribution is 7.14. The van der Waals surface area contributed by atoms with Crippen LogP contribution in [-0.2, 0) is 19.2 Å². The number of nitrogens with zero attached hydrogens (tertiary/aromatic N) is 4. The first-order chi connectivity index (χ1) is 29.7. The lowest BCUT2D eigenvalue weighted by atomic mass is 10.0. The standard InChI is InChI=1S/C45H60N8O8S/c1-26(2)35(24-52-18-12-11-15-39(52)54)49-43(59)48-32-14-10-8-6-7-9-13-28-22-45(28,42(57)58)51-40(55)37-20-30(23-53(37)41(32)56)61-38-21-34(36-25-62-44(50-36)46-27(3)4)47-33-19-29(60-5)16-17-31(33)38/h9,13,16-17,19,21,25-28,30,32,35,37H,6-8,10-12,14-15,18,20,22-24H2,1-5H3,(H,46,50)(H,51,55)(H,57,58)(H2,48,49,59)/t28?,30-,32+,35-,37+,45-/m1/s1. The maximum atomic E-state index is 14.9. The van der Waals surface area contributed by atoms with Gasteiger partial charge >= 0.3 is 12.0 Å². The normalized spacial score (nSPS) is 25.0. The first kappa shape index (κ1) is 44.6. The molecule has 4 aliphatic rings. The number of carboxylic acid groups (broad SMARTS) is 1. The number of anilines is 1. The van der Waals surface area contributed by atoms with E-state index in [2.05, 4.69) is 21.3 Å². The van der Waals surface area contributed by atoms with E-state index in [1.165, 1.54) is 16.2 Å². The lowest BCUT2D eigenvalue weighted by Crippen LogP contribution is -2.58. The second-order valence-electron chi connectivity index (χ2n) is 17.7. The number of hydrogen-bond donors (Lipinski definition) is 5. The molecule has 1 aliphatic carbocycles. The molecule has 3 fully saturated rings. The van der Waals surface area contributed by atoms with Crippen LogP contribution < -0.4 is 30.7 Å². The van der Waals surface area contributed by atoms with Crippen LogP contribution in [0.5, 0.6) is 11.5 Å². The number of hydrogen-bond acceptors (Lipinski definition) is 11. The summed E-state index contributed by atoms with van der Waals surface area (Å²) in [4.78, 5) is 81.3. The van der Waals surface area contributed by atoms with Crippen LogP contribution in [-0.4, -0.2) is 117 Å². The summed E-state index contributed by atoms with van der Waals surface area (Å²) in [6, 6.07) is 4.48. The summed E-state index contributed by atoms with van der Waals surface area (Å²) >= 11 is 1.46. The number of aliphatic carboxylic acids is 1. The Bertz CT molecular complexity index is 2180. The molecule has 6 atom stereocenters. The van der Waals surface area contributed by atoms with Crippen LogP contribution in [0.1, 0.15) is 91.9 Å². The first-order valence-corrected chi connectivity index (χ1v) is 22.9. The summed E-state index contributed by atoms with van der Waals surface area (Å²) in [5, 5.41) is 25.9. The van der Waals surface area contributed by atoms with Crippen molar-refractivity contribution in [3.05, 3.63) is 41.8 Å². The van der Waals surface area contributed by atoms with Gasteiger partial charge in [0.05, 0.1) is 30.9 Å². The smallest absolute Gasteiger partial charge is 0.330 e. The number of pyridine rings is 1. The number of methoxy groups -OCH3 is 1. The second-order valence-corrected chi connectivity index (χ2v) is 18.5. The molecule has 1 saturated carbocycles. The Labute approximate surface area is 366 Å². The molecule has 334 valence electrons. The topological polar surface area (TPSA) is 204 Å². The molecule has 16 nitrogen and oxygen atoms in total. The molecule has 62 heavy (non-hydrogen) atoms. The molecule has 1 unspecified atom stereocenters. The number of thiazole rings is 1. The molecule has 7 rings (SSSR count). The average molecular weight is 873 g/mol. The number of amides is 5. The van der Waals surface area contributed by atoms with Gasteiger partial charge in [0, 0.05) is 60.8 Å². The van der Waals surface area contributed by atoms with Crippen molar-refractivity contribution < 1.29 is 38.6 Å². The number of carboxylic acids is 1. The molecule has 2 aromatic heterocycles. The average Bonchev–Trinajstić information content (AvgIpc) is 3.49. The largest absolute Gasteiger partial charge is 0.497 e. The summed E-state index contributed by atoms with van der Waals surface area (Å²) in [6.45, 7) is 9.04. The van der Waals surface area contributed by atoms with Crippen LogP contribution in [0.4, 0.5) is 9.93 Å². The van der Waals surface area contributed by atoms with Crippen molar-refractivity contribution >= 4 is 57.1 Å². The van der Waals surface area contributed by atoms with Gasteiger partial charge < -0.3 is 45.6 Å². The number of urea groups is 1. The minimum absolute atomic E-state index is 0.000272. The monoisotopic (exact) mass is 872 g/mol. The number of benzene rings is 1. The predicted molar refractivity (Wildman–Crippen MR) is 236 cm³/mol. The number of allylic oxidation sites excluding steroid dienone is 1. The van der Waals surface area contributed by atoms with Crippen molar-refractivity contribution in [3.8, 4) is 22.9 Å². The molecule has 5 amide bonds. The zero-order valence-electron chi connectivity index (χ0n) is 36.3. The van der Waals surface area contributed by atoms with E-state index in [0.29, 0.717) is 66.1 Å². The van der Waals surface area contributed by atoms with Crippen molar-refractivity contribution in [1.82, 2.24) is 35.7 Å². The van der Waals surface area contributed by atoms with Gasteiger partial charge in [-0.3, -0.25) is 14.4 Å². The molecule has 2 saturated heterocycles. The summed E-state index contributed by atoms with van der Waals surface area (Å²) in [5.41, 5.74) is 0.321. The van der Waals surface area contributed by atoms with Crippen LogP contribution in [0.3, 0.4) is 0 Å². The number of ether oxygens (including phenoxy) is 2. The van der Waals surface area contributed by atoms with Crippen molar-refractivity contribution in [2.45, 2.75) is 128 Å². The Morgan fingerprint density at radius 3 is 2.61 bits per heavy atom. The van der Waals surface area contributed by atoms with Gasteiger partial charge in [-0.2, -0.15) is 0 Å². The number of carbonyl (C=O) groups excluding carboxylic acids is 4. The van der Waals surface area contributed by atoms with Gasteiger partial charge in [0.2, 0.25) is 17.7 Å². The van der Waals surface area contributed by atoms with Gasteiger partial charge in [-0.15, -0.1) is 11.3 Å². The lowest BCUT2D eigenvalue weighted by Gasteiger charge is -2.33. The molecule has 0 spiro atoms. The number of rotatable bonds is 12. The van der Waals surface area contributed by atoms with Crippen LogP contribution in [0.25, 0.3) is 22.3 Å². The SMILES string of the molecule is COc1ccc2c(O[C@@H]3C[C@H]4C(=O)N[C@]5(C(=O)O)CC5C=CCCCCC[C@H](NC(=O)N[C@H](CN5CCCCC5=O)C(C)C)C(=O)N4C3)cc(-c3csc(NC(C)C)n3)nc2c1. The number of aromatic nitrogens is 2. The minimum Gasteiger partial charge on any atom is -0.497 e. The Morgan fingerprint density at radius 1 is 1.05 bits per heavy atom. The highest BCUT2D eigenvalue weighted by atomic mass is 32.1. The van der Waals surface area contributed by atoms with Crippen molar-refractivity contribution in [3.63, 3.8) is 0 Å². The third-order valence-corrected chi connectivity index (χ3v) is 13.1. The summed E-state index contributed by atoms with van der Waals surface area (Å²) in [7, 11) is 1.58. The summed E-state index contributed by atoms with van der Waals surface area (Å²) in [6.07, 6.45) is 9.00. The van der Waals surface area contributed by atoms with E-state index in [4.69, 9.17) is 19.4 Å². The number of carbonyl (C=O) groups is 5. The molecule has 0 radical (unpaired) electrons. The zero-order valence-corrected chi connectivity index (χ0v) is 37.1. The molecule has 3 aromatic rings. The number of likely N-dealkylation sites (tertiary alicyclic amines) is 1. The van der Waals surface area contributed by atoms with Gasteiger partial charge in [0.1, 0.15) is 40.9 Å². The van der Waals surface area contributed by atoms with E-state index in [0.717, 1.165) is 37.2 Å². The molecule has 17 heteroatoms. The number of fused-ring (bicyclic) bond motifs is 3. The minimum atomic E-state index is -1.48. The van der Waals surface area contributed by atoms with Crippen LogP contribution in [0.15, 0.2) is 41.8 Å². The Kier molecular flexibility index (Phi) is 13.9. The van der Waals surface area contributed by atoms with Gasteiger partial charge in [-0.25, -0.2) is 19.6 Å². The molecule has 0 bridgehead atoms. The van der Waals surface area contributed by atoms with E-state index in [1.54, 1.807) is 24.1 Å². The van der Waals surface area contributed by atoms with E-state index in [9.17, 15) is 29.1 Å². The van der Waals surface area contributed by atoms with E-state index in [1.807, 2.05) is 57.4 Å². The third kappa shape index (κ3) is 10.2. The molecule has 1 aromatic carbocycles. The quantitative estimate of drug-likeness (QED) is 0.139. The zero-order chi connectivity index (χ0) is 44.1. The predicted octanol–water partition coefficient (Wildman–Crippen LogP) is 5.72. The summed E-state index contributed by atoms with van der Waals surface area (Å²) < 4.78 is 12.3. The number of nitrogens with one attached hydrogen (secondary N) is 4. The van der Waals surface area contributed by atoms with Crippen LogP contribution in [0, 0.1) is 11.8 Å². The van der Waals surface area contributed by atoms with Crippen molar-refractivity contribution in [2.24, 2.45) is 11.8 Å². The van der Waals surface area contributed by atoms with Crippen LogP contribution in [0.2, 0.25) is 0 Å². The molecule has 5 heterocycles. The molecule has 5 N–H and O–H groups in total. The summed E-state index contributed by atoms with van der Waals surface area (Å²) in [5.74, 6) is -1.41. The van der Waals surface area contributed by atoms with E-state index in [-0.39, 0.29) is 49.2 Å². The molecular weight excluding hydrogens is 813 g/mol. The number of piperidine rings is 1. The Hall–Kier alpha value is -5.45. The highest BCUT2D eigenvalue weighted by Crippen LogP contribution is 2.45. The van der Waals surface area contributed by atoms with Gasteiger partial charge in [-0.05, 0) is 70.4 Å². The van der Waals surface area contributed by atoms with Gasteiger partial charge in [0.25, 0.3) is 0 Å². The second kappa shape index (κ2) is 19.3. The van der Waals surface area contributed by atoms with Gasteiger partial charge in [0.15, 0.2) is 5.13 Å². The molecular formula is C45H60N8O8S. The fourth-order valence-corrected chi connectivity index (χ4v) is 9.50.